The minimum Gasteiger partial charge on any atom is -0.455 e. The highest BCUT2D eigenvalue weighted by molar-refractivity contribution is 7.88. The molecule has 0 unspecified atom stereocenters. The van der Waals surface area contributed by atoms with Crippen LogP contribution < -0.4 is 4.18 Å². The fraction of sp³-hybridized carbons (Fsp3) is 0.0476. The smallest absolute Gasteiger partial charge is 0.455 e. The largest absolute Gasteiger partial charge is 0.534 e. The lowest BCUT2D eigenvalue weighted by Crippen LogP contribution is -2.28. The molecule has 1 heterocycles. The van der Waals surface area contributed by atoms with Crippen LogP contribution in [0.2, 0.25) is 0 Å². The highest BCUT2D eigenvalue weighted by Crippen LogP contribution is 2.45. The highest BCUT2D eigenvalue weighted by atomic mass is 32.2. The Hall–Kier alpha value is -3.26. The number of fused-ring (bicyclic) bond motifs is 1. The van der Waals surface area contributed by atoms with Crippen LogP contribution in [0.3, 0.4) is 0 Å². The summed E-state index contributed by atoms with van der Waals surface area (Å²) >= 11 is 0. The molecule has 0 aliphatic carbocycles. The molecule has 0 spiro atoms. The first-order chi connectivity index (χ1) is 13.8. The predicted molar refractivity (Wildman–Crippen MR) is 103 cm³/mol. The van der Waals surface area contributed by atoms with Gasteiger partial charge in [0.05, 0.1) is 5.39 Å². The molecule has 0 atom stereocenters. The number of hydrogen-bond donors (Lipinski definition) is 0. The van der Waals surface area contributed by atoms with Crippen molar-refractivity contribution in [2.75, 3.05) is 0 Å². The Balaban J connectivity index is 2.03. The van der Waals surface area contributed by atoms with Crippen molar-refractivity contribution >= 4 is 21.1 Å². The first-order valence-electron chi connectivity index (χ1n) is 8.45. The summed E-state index contributed by atoms with van der Waals surface area (Å²) in [6.07, 6.45) is 0. The van der Waals surface area contributed by atoms with E-state index in [1.54, 1.807) is 60.7 Å². The maximum atomic E-state index is 12.9. The van der Waals surface area contributed by atoms with Gasteiger partial charge < -0.3 is 8.60 Å². The van der Waals surface area contributed by atoms with Crippen molar-refractivity contribution < 1.29 is 30.2 Å². The normalized spacial score (nSPS) is 12.2. The summed E-state index contributed by atoms with van der Waals surface area (Å²) in [5.74, 6) is -0.0585. The van der Waals surface area contributed by atoms with Crippen LogP contribution in [0.1, 0.15) is 0 Å². The third-order valence-electron chi connectivity index (χ3n) is 4.26. The number of benzene rings is 3. The van der Waals surface area contributed by atoms with Crippen LogP contribution in [0.5, 0.6) is 5.75 Å². The Bertz CT molecular complexity index is 1260. The fourth-order valence-corrected chi connectivity index (χ4v) is 3.49. The molecule has 4 rings (SSSR count). The molecule has 0 radical (unpaired) electrons. The standard InChI is InChI=1S/C21H13F3O4S/c22-21(23,24)29(25,26)28-17-13-7-12-16-19(17)18(14-8-3-1-4-9-14)20(27-16)15-10-5-2-6-11-15/h1-13H. The van der Waals surface area contributed by atoms with Gasteiger partial charge >= 0.3 is 15.6 Å². The summed E-state index contributed by atoms with van der Waals surface area (Å²) in [4.78, 5) is 0. The Morgan fingerprint density at radius 3 is 1.93 bits per heavy atom. The first kappa shape index (κ1) is 19.1. The van der Waals surface area contributed by atoms with Crippen molar-refractivity contribution in [3.8, 4) is 28.2 Å². The molecule has 0 aliphatic heterocycles. The van der Waals surface area contributed by atoms with Gasteiger partial charge in [0.2, 0.25) is 0 Å². The maximum absolute atomic E-state index is 12.9. The van der Waals surface area contributed by atoms with Gasteiger partial charge in [-0.1, -0.05) is 66.7 Å². The lowest BCUT2D eigenvalue weighted by molar-refractivity contribution is -0.0499. The SMILES string of the molecule is O=S(=O)(Oc1cccc2oc(-c3ccccc3)c(-c3ccccc3)c12)C(F)(F)F. The number of furan rings is 1. The van der Waals surface area contributed by atoms with Gasteiger partial charge in [0, 0.05) is 11.1 Å². The Morgan fingerprint density at radius 2 is 1.34 bits per heavy atom. The zero-order valence-electron chi connectivity index (χ0n) is 14.7. The van der Waals surface area contributed by atoms with Gasteiger partial charge in [-0.3, -0.25) is 0 Å². The van der Waals surface area contributed by atoms with E-state index in [0.717, 1.165) is 0 Å². The molecular weight excluding hydrogens is 405 g/mol. The van der Waals surface area contributed by atoms with Crippen LogP contribution in [0.25, 0.3) is 33.4 Å². The second kappa shape index (κ2) is 6.97. The van der Waals surface area contributed by atoms with Gasteiger partial charge in [-0.2, -0.15) is 21.6 Å². The van der Waals surface area contributed by atoms with Crippen molar-refractivity contribution in [3.63, 3.8) is 0 Å². The third-order valence-corrected chi connectivity index (χ3v) is 5.22. The second-order valence-electron chi connectivity index (χ2n) is 6.15. The zero-order chi connectivity index (χ0) is 20.6. The second-order valence-corrected chi connectivity index (χ2v) is 7.69. The van der Waals surface area contributed by atoms with E-state index in [1.165, 1.54) is 12.1 Å². The molecule has 4 nitrogen and oxygen atoms in total. The molecule has 4 aromatic rings. The Labute approximate surface area is 164 Å². The topological polar surface area (TPSA) is 56.5 Å². The first-order valence-corrected chi connectivity index (χ1v) is 9.86. The molecule has 3 aromatic carbocycles. The van der Waals surface area contributed by atoms with Crippen LogP contribution >= 0.6 is 0 Å². The van der Waals surface area contributed by atoms with Crippen molar-refractivity contribution in [3.05, 3.63) is 78.9 Å². The monoisotopic (exact) mass is 418 g/mol. The summed E-state index contributed by atoms with van der Waals surface area (Å²) in [6.45, 7) is 0. The van der Waals surface area contributed by atoms with Gasteiger partial charge in [0.15, 0.2) is 5.75 Å². The quantitative estimate of drug-likeness (QED) is 0.302. The number of alkyl halides is 3. The lowest BCUT2D eigenvalue weighted by Gasteiger charge is -2.11. The lowest BCUT2D eigenvalue weighted by atomic mass is 9.98. The summed E-state index contributed by atoms with van der Waals surface area (Å²) < 4.78 is 72.3. The fourth-order valence-electron chi connectivity index (χ4n) is 3.02. The van der Waals surface area contributed by atoms with Crippen LogP contribution in [-0.4, -0.2) is 13.9 Å². The Morgan fingerprint density at radius 1 is 0.759 bits per heavy atom. The summed E-state index contributed by atoms with van der Waals surface area (Å²) in [5.41, 5.74) is -3.57. The van der Waals surface area contributed by atoms with Gasteiger partial charge in [0.1, 0.15) is 11.3 Å². The van der Waals surface area contributed by atoms with Gasteiger partial charge in [-0.15, -0.1) is 0 Å². The van der Waals surface area contributed by atoms with Crippen molar-refractivity contribution in [1.82, 2.24) is 0 Å². The van der Waals surface area contributed by atoms with Crippen molar-refractivity contribution in [2.24, 2.45) is 0 Å². The van der Waals surface area contributed by atoms with Gasteiger partial charge in [0.25, 0.3) is 0 Å². The molecule has 0 saturated carbocycles. The molecule has 0 aliphatic rings. The molecule has 0 saturated heterocycles. The number of hydrogen-bond acceptors (Lipinski definition) is 4. The third kappa shape index (κ3) is 3.47. The van der Waals surface area contributed by atoms with E-state index in [4.69, 9.17) is 4.42 Å². The van der Waals surface area contributed by atoms with E-state index in [0.29, 0.717) is 22.5 Å². The predicted octanol–water partition coefficient (Wildman–Crippen LogP) is 6.00. The molecule has 8 heteroatoms. The van der Waals surface area contributed by atoms with Crippen LogP contribution in [-0.2, 0) is 10.1 Å². The number of halogens is 3. The Kier molecular flexibility index (Phi) is 4.58. The molecule has 0 fully saturated rings. The van der Waals surface area contributed by atoms with Crippen molar-refractivity contribution in [1.29, 1.82) is 0 Å². The highest BCUT2D eigenvalue weighted by Gasteiger charge is 2.49. The average molecular weight is 418 g/mol. The van der Waals surface area contributed by atoms with Crippen LogP contribution in [0.15, 0.2) is 83.3 Å². The van der Waals surface area contributed by atoms with Crippen LogP contribution in [0.4, 0.5) is 13.2 Å². The van der Waals surface area contributed by atoms with E-state index >= 15 is 0 Å². The molecule has 1 aromatic heterocycles. The minimum absolute atomic E-state index is 0.144. The van der Waals surface area contributed by atoms with Crippen molar-refractivity contribution in [2.45, 2.75) is 5.51 Å². The molecule has 0 bridgehead atoms. The van der Waals surface area contributed by atoms with E-state index in [-0.39, 0.29) is 11.0 Å². The van der Waals surface area contributed by atoms with Gasteiger partial charge in [-0.25, -0.2) is 0 Å². The molecule has 148 valence electrons. The summed E-state index contributed by atoms with van der Waals surface area (Å²) in [5, 5.41) is 0.144. The summed E-state index contributed by atoms with van der Waals surface area (Å²) in [6, 6.07) is 21.9. The molecule has 0 amide bonds. The molecule has 29 heavy (non-hydrogen) atoms. The molecule has 0 N–H and O–H groups in total. The van der Waals surface area contributed by atoms with E-state index < -0.39 is 21.4 Å². The van der Waals surface area contributed by atoms with Crippen LogP contribution in [0, 0.1) is 0 Å². The van der Waals surface area contributed by atoms with E-state index in [1.807, 2.05) is 6.07 Å². The average Bonchev–Trinajstić information content (AvgIpc) is 3.09. The van der Waals surface area contributed by atoms with E-state index in [2.05, 4.69) is 4.18 Å². The van der Waals surface area contributed by atoms with Gasteiger partial charge in [-0.05, 0) is 17.7 Å². The zero-order valence-corrected chi connectivity index (χ0v) is 15.5. The van der Waals surface area contributed by atoms with E-state index in [9.17, 15) is 21.6 Å². The summed E-state index contributed by atoms with van der Waals surface area (Å²) in [7, 11) is -5.84. The minimum atomic E-state index is -5.84. The molecular formula is C21H13F3O4S. The maximum Gasteiger partial charge on any atom is 0.534 e. The number of rotatable bonds is 4.